The van der Waals surface area contributed by atoms with Crippen molar-refractivity contribution < 1.29 is 34.8 Å². The lowest BCUT2D eigenvalue weighted by Gasteiger charge is -2.15. The third kappa shape index (κ3) is 5.50. The Labute approximate surface area is 159 Å². The fourth-order valence-corrected chi connectivity index (χ4v) is 3.55. The highest BCUT2D eigenvalue weighted by Gasteiger charge is 2.38. The van der Waals surface area contributed by atoms with Crippen LogP contribution in [0.2, 0.25) is 10.0 Å². The molecular weight excluding hydrogens is 443 g/mol. The smallest absolute Gasteiger partial charge is 0.207 e. The van der Waals surface area contributed by atoms with Crippen LogP contribution in [0.5, 0.6) is 0 Å². The van der Waals surface area contributed by atoms with E-state index in [-0.39, 0.29) is 33.8 Å². The third-order valence-electron chi connectivity index (χ3n) is 3.34. The van der Waals surface area contributed by atoms with E-state index in [9.17, 15) is 34.8 Å². The summed E-state index contributed by atoms with van der Waals surface area (Å²) in [5, 5.41) is 0.338. The maximum Gasteiger partial charge on any atom is 0.416 e. The zero-order chi connectivity index (χ0) is 20.6. The summed E-state index contributed by atoms with van der Waals surface area (Å²) in [6.07, 6.45) is -10.3. The van der Waals surface area contributed by atoms with Gasteiger partial charge in [0.05, 0.1) is 16.0 Å². The van der Waals surface area contributed by atoms with Crippen molar-refractivity contribution in [1.82, 2.24) is 4.72 Å². The van der Waals surface area contributed by atoms with Crippen LogP contribution in [-0.4, -0.2) is 8.42 Å². The zero-order valence-corrected chi connectivity index (χ0v) is 15.2. The van der Waals surface area contributed by atoms with E-state index in [1.165, 1.54) is 18.2 Å². The normalized spacial score (nSPS) is 13.0. The Bertz CT molecular complexity index is 926. The fraction of sp³-hybridized carbons (Fsp3) is 0.200. The van der Waals surface area contributed by atoms with Crippen LogP contribution in [0, 0.1) is 0 Å². The zero-order valence-electron chi connectivity index (χ0n) is 12.9. The molecule has 27 heavy (non-hydrogen) atoms. The molecule has 0 spiro atoms. The van der Waals surface area contributed by atoms with Crippen molar-refractivity contribution in [3.05, 3.63) is 63.1 Å². The van der Waals surface area contributed by atoms with E-state index in [2.05, 4.69) is 0 Å². The van der Waals surface area contributed by atoms with Crippen LogP contribution in [-0.2, 0) is 28.9 Å². The Morgan fingerprint density at radius 1 is 0.852 bits per heavy atom. The molecule has 0 bridgehead atoms. The second kappa shape index (κ2) is 7.50. The van der Waals surface area contributed by atoms with E-state index in [0.29, 0.717) is 0 Å². The molecule has 0 aliphatic rings. The molecule has 0 atom stereocenters. The van der Waals surface area contributed by atoms with E-state index >= 15 is 0 Å². The summed E-state index contributed by atoms with van der Waals surface area (Å²) in [7, 11) is -4.69. The van der Waals surface area contributed by atoms with Crippen LogP contribution < -0.4 is 4.72 Å². The van der Waals surface area contributed by atoms with Gasteiger partial charge in [-0.3, -0.25) is 0 Å². The lowest BCUT2D eigenvalue weighted by atomic mass is 10.1. The van der Waals surface area contributed by atoms with Gasteiger partial charge in [0.2, 0.25) is 10.0 Å². The van der Waals surface area contributed by atoms with Gasteiger partial charge in [0.25, 0.3) is 0 Å². The topological polar surface area (TPSA) is 46.2 Å². The summed E-state index contributed by atoms with van der Waals surface area (Å²) < 4.78 is 103. The summed E-state index contributed by atoms with van der Waals surface area (Å²) in [5.74, 6) is 0. The second-order valence-electron chi connectivity index (χ2n) is 5.30. The SMILES string of the molecule is O=S(=O)(NCc1ccc(Cl)cc1Cl)c1cc(C(F)(F)F)cc(C(F)(F)F)c1. The number of sulfonamides is 1. The molecule has 2 aromatic rings. The number of hydrogen-bond acceptors (Lipinski definition) is 2. The average Bonchev–Trinajstić information content (AvgIpc) is 2.52. The van der Waals surface area contributed by atoms with Crippen molar-refractivity contribution in [1.29, 1.82) is 0 Å². The number of hydrogen-bond donors (Lipinski definition) is 1. The van der Waals surface area contributed by atoms with Crippen LogP contribution >= 0.6 is 23.2 Å². The molecule has 0 saturated carbocycles. The molecule has 0 fully saturated rings. The Kier molecular flexibility index (Phi) is 6.05. The molecule has 0 heterocycles. The molecule has 2 rings (SSSR count). The number of rotatable bonds is 4. The highest BCUT2D eigenvalue weighted by molar-refractivity contribution is 7.89. The van der Waals surface area contributed by atoms with Crippen LogP contribution in [0.3, 0.4) is 0 Å². The minimum absolute atomic E-state index is 0.0743. The van der Waals surface area contributed by atoms with Crippen molar-refractivity contribution in [2.75, 3.05) is 0 Å². The largest absolute Gasteiger partial charge is 0.416 e. The lowest BCUT2D eigenvalue weighted by Crippen LogP contribution is -2.24. The number of benzene rings is 2. The van der Waals surface area contributed by atoms with Crippen molar-refractivity contribution in [3.8, 4) is 0 Å². The maximum atomic E-state index is 12.9. The van der Waals surface area contributed by atoms with E-state index in [1.54, 1.807) is 0 Å². The van der Waals surface area contributed by atoms with Crippen molar-refractivity contribution in [2.45, 2.75) is 23.8 Å². The van der Waals surface area contributed by atoms with Gasteiger partial charge in [-0.05, 0) is 35.9 Å². The van der Waals surface area contributed by atoms with Gasteiger partial charge in [-0.25, -0.2) is 13.1 Å². The summed E-state index contributed by atoms with van der Waals surface area (Å²) in [4.78, 5) is -1.17. The molecule has 0 unspecified atom stereocenters. The highest BCUT2D eigenvalue weighted by atomic mass is 35.5. The van der Waals surface area contributed by atoms with E-state index in [1.807, 2.05) is 4.72 Å². The summed E-state index contributed by atoms with van der Waals surface area (Å²) in [5.41, 5.74) is -3.24. The van der Waals surface area contributed by atoms with Crippen molar-refractivity contribution >= 4 is 33.2 Å². The number of nitrogens with one attached hydrogen (secondary N) is 1. The molecule has 1 N–H and O–H groups in total. The minimum atomic E-state index is -5.16. The molecule has 0 aliphatic carbocycles. The first-order chi connectivity index (χ1) is 12.2. The molecule has 12 heteroatoms. The Morgan fingerprint density at radius 2 is 1.37 bits per heavy atom. The third-order valence-corrected chi connectivity index (χ3v) is 5.31. The summed E-state index contributed by atoms with van der Waals surface area (Å²) in [6.45, 7) is -0.462. The molecule has 0 aromatic heterocycles. The number of halogens is 8. The van der Waals surface area contributed by atoms with Gasteiger partial charge in [0.15, 0.2) is 0 Å². The van der Waals surface area contributed by atoms with Crippen LogP contribution in [0.25, 0.3) is 0 Å². The average molecular weight is 452 g/mol. The predicted molar refractivity (Wildman–Crippen MR) is 86.9 cm³/mol. The number of alkyl halides is 6. The monoisotopic (exact) mass is 451 g/mol. The molecule has 0 radical (unpaired) electrons. The van der Waals surface area contributed by atoms with Gasteiger partial charge >= 0.3 is 12.4 Å². The lowest BCUT2D eigenvalue weighted by molar-refractivity contribution is -0.143. The standard InChI is InChI=1S/C15H9Cl2F6NO2S/c16-11-2-1-8(13(17)6-11)7-24-27(25,26)12-4-9(14(18,19)20)3-10(5-12)15(21,22)23/h1-6,24H,7H2. The van der Waals surface area contributed by atoms with Gasteiger partial charge in [-0.1, -0.05) is 29.3 Å². The molecule has 3 nitrogen and oxygen atoms in total. The van der Waals surface area contributed by atoms with Gasteiger partial charge < -0.3 is 0 Å². The molecule has 148 valence electrons. The van der Waals surface area contributed by atoms with Crippen LogP contribution in [0.15, 0.2) is 41.3 Å². The highest BCUT2D eigenvalue weighted by Crippen LogP contribution is 2.37. The van der Waals surface area contributed by atoms with Crippen LogP contribution in [0.4, 0.5) is 26.3 Å². The van der Waals surface area contributed by atoms with Gasteiger partial charge in [-0.2, -0.15) is 26.3 Å². The van der Waals surface area contributed by atoms with Gasteiger partial charge in [0, 0.05) is 16.6 Å². The van der Waals surface area contributed by atoms with Gasteiger partial charge in [0.1, 0.15) is 0 Å². The van der Waals surface area contributed by atoms with E-state index in [0.717, 1.165) is 0 Å². The second-order valence-corrected chi connectivity index (χ2v) is 7.91. The maximum absolute atomic E-state index is 12.9. The van der Waals surface area contributed by atoms with E-state index < -0.39 is 44.9 Å². The first-order valence-electron chi connectivity index (χ1n) is 6.93. The Morgan fingerprint density at radius 3 is 1.81 bits per heavy atom. The molecule has 0 aliphatic heterocycles. The molecule has 0 saturated heterocycles. The summed E-state index contributed by atoms with van der Waals surface area (Å²) >= 11 is 11.5. The first kappa shape index (κ1) is 21.8. The minimum Gasteiger partial charge on any atom is -0.207 e. The molecule has 2 aromatic carbocycles. The quantitative estimate of drug-likeness (QED) is 0.623. The summed E-state index contributed by atoms with van der Waals surface area (Å²) in [6, 6.07) is 4.15. The van der Waals surface area contributed by atoms with Crippen molar-refractivity contribution in [3.63, 3.8) is 0 Å². The van der Waals surface area contributed by atoms with Crippen LogP contribution in [0.1, 0.15) is 16.7 Å². The molecule has 0 amide bonds. The molecular formula is C15H9Cl2F6NO2S. The van der Waals surface area contributed by atoms with Crippen molar-refractivity contribution in [2.24, 2.45) is 0 Å². The van der Waals surface area contributed by atoms with E-state index in [4.69, 9.17) is 23.2 Å². The fourth-order valence-electron chi connectivity index (χ4n) is 2.00. The Balaban J connectivity index is 2.42. The Hall–Kier alpha value is -1.49. The first-order valence-corrected chi connectivity index (χ1v) is 9.17. The van der Waals surface area contributed by atoms with Gasteiger partial charge in [-0.15, -0.1) is 0 Å². The predicted octanol–water partition coefficient (Wildman–Crippen LogP) is 5.51.